The fraction of sp³-hybridized carbons (Fsp3) is 0.429. The Kier molecular flexibility index (Phi) is 3.77. The Morgan fingerprint density at radius 1 is 1.39 bits per heavy atom. The number of para-hydroxylation sites is 2. The number of Topliss-reactive ketones (excluding diaryl/α,β-unsaturated/α-hetero) is 1. The number of nitrogens with zero attached hydrogens (tertiary/aromatic N) is 2. The molecule has 0 amide bonds. The molecule has 0 aliphatic rings. The van der Waals surface area contributed by atoms with Crippen molar-refractivity contribution in [3.8, 4) is 0 Å². The zero-order valence-corrected chi connectivity index (χ0v) is 11.1. The minimum atomic E-state index is 0.169. The third-order valence-corrected chi connectivity index (χ3v) is 2.94. The summed E-state index contributed by atoms with van der Waals surface area (Å²) in [4.78, 5) is 16.3. The first-order valence-electron chi connectivity index (χ1n) is 6.23. The van der Waals surface area contributed by atoms with Crippen LogP contribution in [0.1, 0.15) is 19.7 Å². The topological polar surface area (TPSA) is 46.9 Å². The molecule has 0 bridgehead atoms. The van der Waals surface area contributed by atoms with E-state index in [9.17, 15) is 4.79 Å². The second-order valence-electron chi connectivity index (χ2n) is 4.83. The maximum absolute atomic E-state index is 11.8. The Labute approximate surface area is 107 Å². The largest absolute Gasteiger partial charge is 0.331 e. The van der Waals surface area contributed by atoms with Gasteiger partial charge in [0.2, 0.25) is 0 Å². The van der Waals surface area contributed by atoms with Crippen LogP contribution in [0.2, 0.25) is 0 Å². The Bertz CT molecular complexity index is 557. The van der Waals surface area contributed by atoms with Crippen molar-refractivity contribution in [3.05, 3.63) is 30.1 Å². The summed E-state index contributed by atoms with van der Waals surface area (Å²) >= 11 is 0. The van der Waals surface area contributed by atoms with Crippen molar-refractivity contribution in [2.75, 3.05) is 6.54 Å². The molecular formula is C14H19N3O. The molecule has 0 atom stereocenters. The Morgan fingerprint density at radius 2 is 2.11 bits per heavy atom. The van der Waals surface area contributed by atoms with Crippen molar-refractivity contribution in [1.29, 1.82) is 0 Å². The van der Waals surface area contributed by atoms with Crippen LogP contribution >= 0.6 is 0 Å². The van der Waals surface area contributed by atoms with Crippen LogP contribution in [-0.4, -0.2) is 27.9 Å². The lowest BCUT2D eigenvalue weighted by Gasteiger charge is -2.07. The Hall–Kier alpha value is -1.68. The second-order valence-corrected chi connectivity index (χ2v) is 4.83. The molecule has 2 aromatic rings. The van der Waals surface area contributed by atoms with Crippen LogP contribution < -0.4 is 5.32 Å². The minimum absolute atomic E-state index is 0.169. The number of aromatic nitrogens is 2. The number of benzene rings is 1. The van der Waals surface area contributed by atoms with E-state index in [4.69, 9.17) is 0 Å². The van der Waals surface area contributed by atoms with Gasteiger partial charge >= 0.3 is 0 Å². The molecule has 96 valence electrons. The van der Waals surface area contributed by atoms with E-state index in [1.54, 1.807) is 0 Å². The Balaban J connectivity index is 2.12. The van der Waals surface area contributed by atoms with Crippen LogP contribution in [-0.2, 0) is 18.3 Å². The molecule has 0 radical (unpaired) electrons. The highest BCUT2D eigenvalue weighted by molar-refractivity contribution is 5.84. The first kappa shape index (κ1) is 12.8. The second kappa shape index (κ2) is 5.31. The predicted molar refractivity (Wildman–Crippen MR) is 72.6 cm³/mol. The van der Waals surface area contributed by atoms with Crippen molar-refractivity contribution >= 4 is 16.8 Å². The average Bonchev–Trinajstić information content (AvgIpc) is 2.65. The third-order valence-electron chi connectivity index (χ3n) is 2.94. The highest BCUT2D eigenvalue weighted by Gasteiger charge is 2.11. The maximum Gasteiger partial charge on any atom is 0.154 e. The number of ketones is 1. The van der Waals surface area contributed by atoms with Gasteiger partial charge in [-0.3, -0.25) is 4.79 Å². The van der Waals surface area contributed by atoms with Crippen molar-refractivity contribution in [2.24, 2.45) is 7.05 Å². The summed E-state index contributed by atoms with van der Waals surface area (Å²) in [6.45, 7) is 4.46. The van der Waals surface area contributed by atoms with E-state index >= 15 is 0 Å². The molecule has 0 saturated carbocycles. The molecule has 1 aromatic heterocycles. The normalized spacial score (nSPS) is 11.3. The van der Waals surface area contributed by atoms with E-state index in [1.165, 1.54) is 0 Å². The molecule has 1 N–H and O–H groups in total. The van der Waals surface area contributed by atoms with Gasteiger partial charge < -0.3 is 9.88 Å². The summed E-state index contributed by atoms with van der Waals surface area (Å²) in [5, 5.41) is 3.13. The predicted octanol–water partition coefficient (Wildman–Crippen LogP) is 1.68. The molecule has 1 aromatic carbocycles. The van der Waals surface area contributed by atoms with Crippen LogP contribution in [0.3, 0.4) is 0 Å². The van der Waals surface area contributed by atoms with Gasteiger partial charge in [0, 0.05) is 13.1 Å². The molecule has 18 heavy (non-hydrogen) atoms. The van der Waals surface area contributed by atoms with E-state index in [2.05, 4.69) is 10.3 Å². The number of carbonyl (C=O) groups is 1. The van der Waals surface area contributed by atoms with Crippen molar-refractivity contribution in [1.82, 2.24) is 14.9 Å². The van der Waals surface area contributed by atoms with Gasteiger partial charge in [0.05, 0.1) is 24.0 Å². The van der Waals surface area contributed by atoms with Gasteiger partial charge in [-0.05, 0) is 12.1 Å². The van der Waals surface area contributed by atoms with Crippen LogP contribution in [0.4, 0.5) is 0 Å². The zero-order valence-electron chi connectivity index (χ0n) is 11.1. The molecule has 4 heteroatoms. The summed E-state index contributed by atoms with van der Waals surface area (Å²) in [7, 11) is 1.95. The molecule has 0 aliphatic heterocycles. The minimum Gasteiger partial charge on any atom is -0.331 e. The fourth-order valence-electron chi connectivity index (χ4n) is 1.91. The average molecular weight is 245 g/mol. The maximum atomic E-state index is 11.8. The van der Waals surface area contributed by atoms with Crippen molar-refractivity contribution in [2.45, 2.75) is 26.3 Å². The van der Waals surface area contributed by atoms with Gasteiger partial charge in [-0.1, -0.05) is 26.0 Å². The van der Waals surface area contributed by atoms with Crippen molar-refractivity contribution in [3.63, 3.8) is 0 Å². The molecule has 0 unspecified atom stereocenters. The summed E-state index contributed by atoms with van der Waals surface area (Å²) in [6.07, 6.45) is 0.380. The van der Waals surface area contributed by atoms with E-state index in [-0.39, 0.29) is 5.78 Å². The molecule has 1 heterocycles. The number of aryl methyl sites for hydroxylation is 1. The molecule has 0 saturated heterocycles. The van der Waals surface area contributed by atoms with E-state index < -0.39 is 0 Å². The summed E-state index contributed by atoms with van der Waals surface area (Å²) in [6, 6.07) is 8.25. The first-order chi connectivity index (χ1) is 8.58. The highest BCUT2D eigenvalue weighted by atomic mass is 16.1. The van der Waals surface area contributed by atoms with Gasteiger partial charge in [0.15, 0.2) is 5.78 Å². The molecule has 2 rings (SSSR count). The van der Waals surface area contributed by atoms with E-state index in [0.29, 0.717) is 19.0 Å². The van der Waals surface area contributed by atoms with Crippen LogP contribution in [0.5, 0.6) is 0 Å². The van der Waals surface area contributed by atoms with E-state index in [0.717, 1.165) is 16.9 Å². The molecule has 0 fully saturated rings. The lowest BCUT2D eigenvalue weighted by Crippen LogP contribution is -2.30. The Morgan fingerprint density at radius 3 is 2.78 bits per heavy atom. The quantitative estimate of drug-likeness (QED) is 0.872. The number of nitrogens with one attached hydrogen (secondary N) is 1. The standard InChI is InChI=1S/C14H19N3O/c1-10(2)15-9-11(18)8-14-16-12-6-4-5-7-13(12)17(14)3/h4-7,10,15H,8-9H2,1-3H3. The number of hydrogen-bond acceptors (Lipinski definition) is 3. The summed E-state index contributed by atoms with van der Waals surface area (Å²) < 4.78 is 1.99. The molecule has 0 aliphatic carbocycles. The number of imidazole rings is 1. The monoisotopic (exact) mass is 245 g/mol. The van der Waals surface area contributed by atoms with E-state index in [1.807, 2.05) is 49.7 Å². The SMILES string of the molecule is CC(C)NCC(=O)Cc1nc2ccccc2n1C. The van der Waals surface area contributed by atoms with Gasteiger partial charge in [0.1, 0.15) is 5.82 Å². The zero-order chi connectivity index (χ0) is 13.1. The lowest BCUT2D eigenvalue weighted by molar-refractivity contribution is -0.117. The number of rotatable bonds is 5. The van der Waals surface area contributed by atoms with Gasteiger partial charge in [-0.2, -0.15) is 0 Å². The van der Waals surface area contributed by atoms with Gasteiger partial charge in [-0.25, -0.2) is 4.98 Å². The van der Waals surface area contributed by atoms with Gasteiger partial charge in [-0.15, -0.1) is 0 Å². The molecular weight excluding hydrogens is 226 g/mol. The molecule has 4 nitrogen and oxygen atoms in total. The van der Waals surface area contributed by atoms with Crippen molar-refractivity contribution < 1.29 is 4.79 Å². The lowest BCUT2D eigenvalue weighted by atomic mass is 10.2. The number of carbonyl (C=O) groups excluding carboxylic acids is 1. The summed E-state index contributed by atoms with van der Waals surface area (Å²) in [5.74, 6) is 0.994. The highest BCUT2D eigenvalue weighted by Crippen LogP contribution is 2.14. The first-order valence-corrected chi connectivity index (χ1v) is 6.23. The smallest absolute Gasteiger partial charge is 0.154 e. The van der Waals surface area contributed by atoms with Gasteiger partial charge in [0.25, 0.3) is 0 Å². The van der Waals surface area contributed by atoms with Crippen LogP contribution in [0, 0.1) is 0 Å². The number of hydrogen-bond donors (Lipinski definition) is 1. The third kappa shape index (κ3) is 2.76. The van der Waals surface area contributed by atoms with Crippen LogP contribution in [0.25, 0.3) is 11.0 Å². The van der Waals surface area contributed by atoms with Crippen LogP contribution in [0.15, 0.2) is 24.3 Å². The number of fused-ring (bicyclic) bond motifs is 1. The molecule has 0 spiro atoms. The fourth-order valence-corrected chi connectivity index (χ4v) is 1.91. The summed E-state index contributed by atoms with van der Waals surface area (Å²) in [5.41, 5.74) is 2.01.